The molecule has 0 atom stereocenters. The van der Waals surface area contributed by atoms with Crippen molar-refractivity contribution in [1.82, 2.24) is 4.98 Å². The van der Waals surface area contributed by atoms with Crippen LogP contribution in [0, 0.1) is 5.82 Å². The van der Waals surface area contributed by atoms with Gasteiger partial charge in [-0.05, 0) is 18.2 Å². The molecule has 0 N–H and O–H groups in total. The first-order valence-corrected chi connectivity index (χ1v) is 6.21. The van der Waals surface area contributed by atoms with Gasteiger partial charge in [-0.25, -0.2) is 14.2 Å². The highest BCUT2D eigenvalue weighted by molar-refractivity contribution is 9.10. The maximum absolute atomic E-state index is 13.2. The topological polar surface area (TPSA) is 39.2 Å². The third-order valence-corrected chi connectivity index (χ3v) is 3.49. The van der Waals surface area contributed by atoms with Crippen molar-refractivity contribution in [1.29, 1.82) is 0 Å². The lowest BCUT2D eigenvalue weighted by molar-refractivity contribution is 0.0606. The predicted molar refractivity (Wildman–Crippen MR) is 66.5 cm³/mol. The van der Waals surface area contributed by atoms with E-state index in [9.17, 15) is 9.18 Å². The molecule has 0 bridgehead atoms. The molecule has 0 aliphatic heterocycles. The molecule has 3 nitrogen and oxygen atoms in total. The Bertz CT molecular complexity index is 550. The zero-order valence-corrected chi connectivity index (χ0v) is 11.1. The fourth-order valence-electron chi connectivity index (χ4n) is 1.28. The average molecular weight is 316 g/mol. The van der Waals surface area contributed by atoms with Crippen LogP contribution in [0.5, 0.6) is 0 Å². The van der Waals surface area contributed by atoms with Crippen LogP contribution in [0.25, 0.3) is 10.6 Å². The number of hydrogen-bond donors (Lipinski definition) is 0. The second-order valence-electron chi connectivity index (χ2n) is 3.18. The highest BCUT2D eigenvalue weighted by Crippen LogP contribution is 2.28. The molecule has 88 valence electrons. The number of aromatic nitrogens is 1. The van der Waals surface area contributed by atoms with Gasteiger partial charge >= 0.3 is 5.97 Å². The molecule has 0 aliphatic carbocycles. The first-order chi connectivity index (χ1) is 8.10. The second kappa shape index (κ2) is 4.93. The minimum absolute atomic E-state index is 0.357. The van der Waals surface area contributed by atoms with E-state index < -0.39 is 5.97 Å². The lowest BCUT2D eigenvalue weighted by Gasteiger charge is -1.98. The highest BCUT2D eigenvalue weighted by Gasteiger charge is 2.12. The standard InChI is InChI=1S/C11H7BrFNO2S/c1-16-11(15)9-5-14-10(17-9)6-2-7(12)4-8(13)3-6/h2-5H,1H3. The van der Waals surface area contributed by atoms with E-state index in [4.69, 9.17) is 0 Å². The van der Waals surface area contributed by atoms with Crippen LogP contribution in [0.3, 0.4) is 0 Å². The maximum atomic E-state index is 13.2. The van der Waals surface area contributed by atoms with Crippen molar-refractivity contribution >= 4 is 33.2 Å². The second-order valence-corrected chi connectivity index (χ2v) is 5.13. The van der Waals surface area contributed by atoms with E-state index in [1.807, 2.05) is 0 Å². The number of esters is 1. The number of thiazole rings is 1. The van der Waals surface area contributed by atoms with Gasteiger partial charge in [0.1, 0.15) is 15.7 Å². The van der Waals surface area contributed by atoms with E-state index in [2.05, 4.69) is 25.7 Å². The molecule has 17 heavy (non-hydrogen) atoms. The molecule has 1 aromatic carbocycles. The fraction of sp³-hybridized carbons (Fsp3) is 0.0909. The Labute approximate surface area is 109 Å². The minimum Gasteiger partial charge on any atom is -0.465 e. The summed E-state index contributed by atoms with van der Waals surface area (Å²) < 4.78 is 18.4. The van der Waals surface area contributed by atoms with Gasteiger partial charge in [-0.15, -0.1) is 11.3 Å². The smallest absolute Gasteiger partial charge is 0.349 e. The van der Waals surface area contributed by atoms with Crippen molar-refractivity contribution in [3.05, 3.63) is 39.6 Å². The van der Waals surface area contributed by atoms with Crippen LogP contribution in [-0.4, -0.2) is 18.1 Å². The molecule has 0 saturated carbocycles. The Morgan fingerprint density at radius 3 is 2.88 bits per heavy atom. The molecular formula is C11H7BrFNO2S. The number of nitrogens with zero attached hydrogens (tertiary/aromatic N) is 1. The molecule has 6 heteroatoms. The highest BCUT2D eigenvalue weighted by atomic mass is 79.9. The Hall–Kier alpha value is -1.27. The van der Waals surface area contributed by atoms with Gasteiger partial charge in [0.05, 0.1) is 13.3 Å². The van der Waals surface area contributed by atoms with Crippen LogP contribution < -0.4 is 0 Å². The number of methoxy groups -OCH3 is 1. The number of halogens is 2. The summed E-state index contributed by atoms with van der Waals surface area (Å²) in [6, 6.07) is 4.46. The van der Waals surface area contributed by atoms with Gasteiger partial charge in [0.15, 0.2) is 0 Å². The minimum atomic E-state index is -0.441. The van der Waals surface area contributed by atoms with E-state index >= 15 is 0 Å². The van der Waals surface area contributed by atoms with Crippen molar-refractivity contribution < 1.29 is 13.9 Å². The summed E-state index contributed by atoms with van der Waals surface area (Å²) in [5.41, 5.74) is 0.622. The molecule has 0 aliphatic rings. The van der Waals surface area contributed by atoms with Gasteiger partial charge in [0.2, 0.25) is 0 Å². The molecule has 0 unspecified atom stereocenters. The summed E-state index contributed by atoms with van der Waals surface area (Å²) in [5, 5.41) is 0.575. The summed E-state index contributed by atoms with van der Waals surface area (Å²) in [4.78, 5) is 15.7. The zero-order chi connectivity index (χ0) is 12.4. The first-order valence-electron chi connectivity index (χ1n) is 4.61. The Kier molecular flexibility index (Phi) is 3.54. The van der Waals surface area contributed by atoms with Gasteiger partial charge in [0.25, 0.3) is 0 Å². The largest absolute Gasteiger partial charge is 0.465 e. The van der Waals surface area contributed by atoms with Crippen LogP contribution in [0.2, 0.25) is 0 Å². The van der Waals surface area contributed by atoms with E-state index in [0.29, 0.717) is 19.9 Å². The van der Waals surface area contributed by atoms with Gasteiger partial charge in [-0.2, -0.15) is 0 Å². The Morgan fingerprint density at radius 2 is 2.24 bits per heavy atom. The SMILES string of the molecule is COC(=O)c1cnc(-c2cc(F)cc(Br)c2)s1. The third kappa shape index (κ3) is 2.70. The molecule has 2 rings (SSSR count). The van der Waals surface area contributed by atoms with E-state index in [-0.39, 0.29) is 5.82 Å². The van der Waals surface area contributed by atoms with Crippen molar-refractivity contribution in [3.63, 3.8) is 0 Å². The number of carbonyl (C=O) groups excluding carboxylic acids is 1. The number of carbonyl (C=O) groups is 1. The molecule has 0 radical (unpaired) electrons. The predicted octanol–water partition coefficient (Wildman–Crippen LogP) is 3.50. The summed E-state index contributed by atoms with van der Waals surface area (Å²) in [5.74, 6) is -0.798. The van der Waals surface area contributed by atoms with Gasteiger partial charge < -0.3 is 4.74 Å². The monoisotopic (exact) mass is 315 g/mol. The zero-order valence-electron chi connectivity index (χ0n) is 8.74. The normalized spacial score (nSPS) is 10.3. The number of ether oxygens (including phenoxy) is 1. The maximum Gasteiger partial charge on any atom is 0.349 e. The van der Waals surface area contributed by atoms with E-state index in [1.54, 1.807) is 6.07 Å². The van der Waals surface area contributed by atoms with Crippen LogP contribution >= 0.6 is 27.3 Å². The molecule has 0 saturated heterocycles. The van der Waals surface area contributed by atoms with E-state index in [1.165, 1.54) is 25.4 Å². The molecule has 1 heterocycles. The van der Waals surface area contributed by atoms with Crippen LogP contribution in [0.15, 0.2) is 28.9 Å². The van der Waals surface area contributed by atoms with Crippen molar-refractivity contribution in [3.8, 4) is 10.6 Å². The Morgan fingerprint density at radius 1 is 1.47 bits per heavy atom. The molecular weight excluding hydrogens is 309 g/mol. The number of hydrogen-bond acceptors (Lipinski definition) is 4. The van der Waals surface area contributed by atoms with Crippen LogP contribution in [-0.2, 0) is 4.74 Å². The number of rotatable bonds is 2. The van der Waals surface area contributed by atoms with Crippen molar-refractivity contribution in [2.24, 2.45) is 0 Å². The van der Waals surface area contributed by atoms with Crippen LogP contribution in [0.4, 0.5) is 4.39 Å². The van der Waals surface area contributed by atoms with Crippen LogP contribution in [0.1, 0.15) is 9.67 Å². The Balaban J connectivity index is 2.40. The number of benzene rings is 1. The van der Waals surface area contributed by atoms with Crippen molar-refractivity contribution in [2.45, 2.75) is 0 Å². The summed E-state index contributed by atoms with van der Waals surface area (Å²) in [6.07, 6.45) is 1.42. The first kappa shape index (κ1) is 12.2. The molecule has 2 aromatic rings. The van der Waals surface area contributed by atoms with Gasteiger partial charge in [-0.3, -0.25) is 0 Å². The van der Waals surface area contributed by atoms with Gasteiger partial charge in [-0.1, -0.05) is 15.9 Å². The molecule has 1 aromatic heterocycles. The van der Waals surface area contributed by atoms with Crippen molar-refractivity contribution in [2.75, 3.05) is 7.11 Å². The third-order valence-electron chi connectivity index (χ3n) is 2.00. The summed E-state index contributed by atoms with van der Waals surface area (Å²) in [6.45, 7) is 0. The fourth-order valence-corrected chi connectivity index (χ4v) is 2.57. The lowest BCUT2D eigenvalue weighted by Crippen LogP contribution is -1.96. The average Bonchev–Trinajstić information content (AvgIpc) is 2.76. The lowest BCUT2D eigenvalue weighted by atomic mass is 10.2. The summed E-state index contributed by atoms with van der Waals surface area (Å²) >= 11 is 4.37. The quantitative estimate of drug-likeness (QED) is 0.796. The molecule has 0 spiro atoms. The summed E-state index contributed by atoms with van der Waals surface area (Å²) in [7, 11) is 1.31. The molecule has 0 fully saturated rings. The molecule has 0 amide bonds. The van der Waals surface area contributed by atoms with E-state index in [0.717, 1.165) is 11.3 Å². The van der Waals surface area contributed by atoms with Gasteiger partial charge in [0, 0.05) is 10.0 Å².